The molecule has 0 aliphatic heterocycles. The molecule has 1 aromatic carbocycles. The second-order valence-corrected chi connectivity index (χ2v) is 2.77. The van der Waals surface area contributed by atoms with Crippen LogP contribution in [0.25, 0.3) is 0 Å². The Bertz CT molecular complexity index is 377. The van der Waals surface area contributed by atoms with Crippen molar-refractivity contribution >= 4 is 0 Å². The van der Waals surface area contributed by atoms with Crippen LogP contribution in [0.4, 0.5) is 0 Å². The van der Waals surface area contributed by atoms with Crippen LogP contribution in [0.5, 0.6) is 0 Å². The van der Waals surface area contributed by atoms with E-state index in [4.69, 9.17) is 23.1 Å². The molecule has 0 bridgehead atoms. The first-order valence-corrected chi connectivity index (χ1v) is 4.07. The van der Waals surface area contributed by atoms with E-state index < -0.39 is 0 Å². The molecule has 0 spiro atoms. The lowest BCUT2D eigenvalue weighted by Crippen LogP contribution is -1.97. The molecule has 2 heteroatoms. The highest BCUT2D eigenvalue weighted by molar-refractivity contribution is 5.50. The van der Waals surface area contributed by atoms with Crippen molar-refractivity contribution in [2.24, 2.45) is 0 Å². The number of benzene rings is 1. The predicted octanol–water partition coefficient (Wildman–Crippen LogP) is 0.634. The number of aliphatic hydroxyl groups excluding tert-OH is 2. The Kier molecular flexibility index (Phi) is 3.31. The van der Waals surface area contributed by atoms with Crippen molar-refractivity contribution in [1.82, 2.24) is 0 Å². The fourth-order valence-electron chi connectivity index (χ4n) is 1.22. The average molecular weight is 186 g/mol. The molecule has 2 nitrogen and oxygen atoms in total. The van der Waals surface area contributed by atoms with Crippen LogP contribution in [0.3, 0.4) is 0 Å². The van der Waals surface area contributed by atoms with Crippen molar-refractivity contribution in [3.63, 3.8) is 0 Å². The standard InChI is InChI=1S/C12H10O2/c1-3-9-5-12(8-14)10(4-2)6-11(9)7-13/h1-2,5-6,13-14H,7-8H2. The molecule has 0 heterocycles. The summed E-state index contributed by atoms with van der Waals surface area (Å²) in [5, 5.41) is 18.0. The molecule has 70 valence electrons. The molecular weight excluding hydrogens is 176 g/mol. The maximum atomic E-state index is 9.01. The third-order valence-electron chi connectivity index (χ3n) is 1.98. The maximum Gasteiger partial charge on any atom is 0.0694 e. The highest BCUT2D eigenvalue weighted by atomic mass is 16.3. The molecular formula is C12H10O2. The van der Waals surface area contributed by atoms with E-state index in [2.05, 4.69) is 11.8 Å². The Balaban J connectivity index is 3.39. The van der Waals surface area contributed by atoms with E-state index in [1.807, 2.05) is 0 Å². The van der Waals surface area contributed by atoms with Crippen LogP contribution in [-0.4, -0.2) is 10.2 Å². The Labute approximate surface area is 83.2 Å². The fourth-order valence-corrected chi connectivity index (χ4v) is 1.22. The van der Waals surface area contributed by atoms with Crippen molar-refractivity contribution < 1.29 is 10.2 Å². The summed E-state index contributed by atoms with van der Waals surface area (Å²) in [5.41, 5.74) is 2.35. The molecule has 0 saturated heterocycles. The van der Waals surface area contributed by atoms with Crippen LogP contribution < -0.4 is 0 Å². The van der Waals surface area contributed by atoms with E-state index in [0.29, 0.717) is 22.3 Å². The second-order valence-electron chi connectivity index (χ2n) is 2.77. The number of aliphatic hydroxyl groups is 2. The van der Waals surface area contributed by atoms with Crippen LogP contribution in [0.1, 0.15) is 22.3 Å². The summed E-state index contributed by atoms with van der Waals surface area (Å²) >= 11 is 0. The summed E-state index contributed by atoms with van der Waals surface area (Å²) in [5.74, 6) is 4.87. The monoisotopic (exact) mass is 186 g/mol. The van der Waals surface area contributed by atoms with E-state index in [0.717, 1.165) is 0 Å². The summed E-state index contributed by atoms with van der Waals surface area (Å²) < 4.78 is 0. The molecule has 1 aromatic rings. The molecule has 2 N–H and O–H groups in total. The molecule has 1 rings (SSSR count). The first kappa shape index (κ1) is 10.3. The third kappa shape index (κ3) is 1.78. The summed E-state index contributed by atoms with van der Waals surface area (Å²) in [6.45, 7) is -0.306. The van der Waals surface area contributed by atoms with Crippen molar-refractivity contribution in [3.8, 4) is 24.7 Å². The van der Waals surface area contributed by atoms with Gasteiger partial charge in [-0.05, 0) is 23.3 Å². The minimum absolute atomic E-state index is 0.153. The molecule has 0 aromatic heterocycles. The van der Waals surface area contributed by atoms with Gasteiger partial charge in [0.2, 0.25) is 0 Å². The Morgan fingerprint density at radius 3 is 1.50 bits per heavy atom. The quantitative estimate of drug-likeness (QED) is 0.665. The molecule has 0 atom stereocenters. The lowest BCUT2D eigenvalue weighted by atomic mass is 9.99. The lowest BCUT2D eigenvalue weighted by Gasteiger charge is -2.06. The van der Waals surface area contributed by atoms with E-state index in [9.17, 15) is 0 Å². The average Bonchev–Trinajstić information content (AvgIpc) is 2.26. The summed E-state index contributed by atoms with van der Waals surface area (Å²) in [7, 11) is 0. The van der Waals surface area contributed by atoms with Gasteiger partial charge >= 0.3 is 0 Å². The van der Waals surface area contributed by atoms with Gasteiger partial charge in [0.25, 0.3) is 0 Å². The van der Waals surface area contributed by atoms with Gasteiger partial charge in [-0.1, -0.05) is 11.8 Å². The van der Waals surface area contributed by atoms with Crippen LogP contribution in [-0.2, 0) is 13.2 Å². The first-order chi connectivity index (χ1) is 6.76. The van der Waals surface area contributed by atoms with Gasteiger partial charge in [-0.3, -0.25) is 0 Å². The summed E-state index contributed by atoms with van der Waals surface area (Å²) in [4.78, 5) is 0. The smallest absolute Gasteiger partial charge is 0.0694 e. The van der Waals surface area contributed by atoms with E-state index in [1.165, 1.54) is 0 Å². The van der Waals surface area contributed by atoms with Crippen molar-refractivity contribution in [3.05, 3.63) is 34.4 Å². The molecule has 0 amide bonds. The molecule has 0 aliphatic rings. The number of terminal acetylenes is 2. The predicted molar refractivity (Wildman–Crippen MR) is 54.2 cm³/mol. The van der Waals surface area contributed by atoms with E-state index >= 15 is 0 Å². The number of rotatable bonds is 2. The highest BCUT2D eigenvalue weighted by Gasteiger charge is 2.05. The topological polar surface area (TPSA) is 40.5 Å². The first-order valence-electron chi connectivity index (χ1n) is 4.07. The molecule has 0 unspecified atom stereocenters. The Morgan fingerprint density at radius 1 is 0.929 bits per heavy atom. The van der Waals surface area contributed by atoms with Crippen molar-refractivity contribution in [2.75, 3.05) is 0 Å². The van der Waals surface area contributed by atoms with Crippen LogP contribution in [0.2, 0.25) is 0 Å². The molecule has 0 radical (unpaired) electrons. The molecule has 0 saturated carbocycles. The van der Waals surface area contributed by atoms with Crippen molar-refractivity contribution in [1.29, 1.82) is 0 Å². The Morgan fingerprint density at radius 2 is 1.29 bits per heavy atom. The van der Waals surface area contributed by atoms with Gasteiger partial charge in [0.1, 0.15) is 0 Å². The molecule has 0 aliphatic carbocycles. The fraction of sp³-hybridized carbons (Fsp3) is 0.167. The number of hydrogen-bond acceptors (Lipinski definition) is 2. The van der Waals surface area contributed by atoms with Gasteiger partial charge in [0.15, 0.2) is 0 Å². The zero-order chi connectivity index (χ0) is 10.6. The van der Waals surface area contributed by atoms with E-state index in [-0.39, 0.29) is 13.2 Å². The lowest BCUT2D eigenvalue weighted by molar-refractivity contribution is 0.277. The Hall–Kier alpha value is -1.74. The third-order valence-corrected chi connectivity index (χ3v) is 1.98. The van der Waals surface area contributed by atoms with Crippen LogP contribution >= 0.6 is 0 Å². The number of hydrogen-bond donors (Lipinski definition) is 2. The summed E-state index contributed by atoms with van der Waals surface area (Å²) in [6, 6.07) is 3.25. The van der Waals surface area contributed by atoms with Gasteiger partial charge in [-0.25, -0.2) is 0 Å². The molecule has 14 heavy (non-hydrogen) atoms. The largest absolute Gasteiger partial charge is 0.392 e. The second kappa shape index (κ2) is 4.48. The minimum Gasteiger partial charge on any atom is -0.392 e. The minimum atomic E-state index is -0.153. The van der Waals surface area contributed by atoms with Crippen molar-refractivity contribution in [2.45, 2.75) is 13.2 Å². The van der Waals surface area contributed by atoms with Gasteiger partial charge in [0, 0.05) is 11.1 Å². The van der Waals surface area contributed by atoms with E-state index in [1.54, 1.807) is 12.1 Å². The van der Waals surface area contributed by atoms with Gasteiger partial charge in [-0.15, -0.1) is 12.8 Å². The van der Waals surface area contributed by atoms with Gasteiger partial charge in [0.05, 0.1) is 13.2 Å². The normalized spacial score (nSPS) is 9.14. The highest BCUT2D eigenvalue weighted by Crippen LogP contribution is 2.16. The summed E-state index contributed by atoms with van der Waals surface area (Å²) in [6.07, 6.45) is 10.5. The zero-order valence-electron chi connectivity index (χ0n) is 7.62. The molecule has 0 fully saturated rings. The zero-order valence-corrected chi connectivity index (χ0v) is 7.62. The van der Waals surface area contributed by atoms with Gasteiger partial charge in [-0.2, -0.15) is 0 Å². The van der Waals surface area contributed by atoms with Gasteiger partial charge < -0.3 is 10.2 Å². The SMILES string of the molecule is C#Cc1cc(CO)c(C#C)cc1CO. The maximum absolute atomic E-state index is 9.01. The van der Waals surface area contributed by atoms with Crippen LogP contribution in [0, 0.1) is 24.7 Å². The van der Waals surface area contributed by atoms with Crippen LogP contribution in [0.15, 0.2) is 12.1 Å².